The first-order valence-electron chi connectivity index (χ1n) is 12.4. The first-order chi connectivity index (χ1) is 18.1. The Hall–Kier alpha value is -4.46. The van der Waals surface area contributed by atoms with Gasteiger partial charge in [0.2, 0.25) is 0 Å². The number of ketones is 1. The average Bonchev–Trinajstić information content (AvgIpc) is 3.15. The highest BCUT2D eigenvalue weighted by molar-refractivity contribution is 6.02. The smallest absolute Gasteiger partial charge is 0.330 e. The summed E-state index contributed by atoms with van der Waals surface area (Å²) >= 11 is 0. The van der Waals surface area contributed by atoms with E-state index in [1.54, 1.807) is 0 Å². The van der Waals surface area contributed by atoms with Gasteiger partial charge in [-0.05, 0) is 41.2 Å². The molecule has 2 aliphatic rings. The lowest BCUT2D eigenvalue weighted by atomic mass is 9.82. The number of aromatic amines is 1. The highest BCUT2D eigenvalue weighted by Crippen LogP contribution is 2.32. The molecule has 1 aliphatic carbocycles. The summed E-state index contributed by atoms with van der Waals surface area (Å²) in [5, 5.41) is 0.289. The van der Waals surface area contributed by atoms with Crippen LogP contribution in [0.1, 0.15) is 39.9 Å². The molecule has 3 heterocycles. The second-order valence-electron chi connectivity index (χ2n) is 9.39. The third kappa shape index (κ3) is 4.46. The van der Waals surface area contributed by atoms with Gasteiger partial charge in [-0.15, -0.1) is 0 Å². The zero-order chi connectivity index (χ0) is 25.4. The predicted molar refractivity (Wildman–Crippen MR) is 139 cm³/mol. The van der Waals surface area contributed by atoms with E-state index in [-0.39, 0.29) is 29.3 Å². The van der Waals surface area contributed by atoms with Crippen LogP contribution in [0.5, 0.6) is 11.5 Å². The van der Waals surface area contributed by atoms with E-state index < -0.39 is 11.2 Å². The summed E-state index contributed by atoms with van der Waals surface area (Å²) in [5.74, 6) is 1.17. The fraction of sp³-hybridized carbons (Fsp3) is 0.241. The quantitative estimate of drug-likeness (QED) is 0.463. The largest absolute Gasteiger partial charge is 0.490 e. The number of nitrogens with zero attached hydrogens (tertiary/aromatic N) is 2. The van der Waals surface area contributed by atoms with Crippen LogP contribution in [-0.4, -0.2) is 33.5 Å². The van der Waals surface area contributed by atoms with Gasteiger partial charge in [-0.25, -0.2) is 9.78 Å². The topological polar surface area (TPSA) is 103 Å². The van der Waals surface area contributed by atoms with Crippen LogP contribution < -0.4 is 20.7 Å². The van der Waals surface area contributed by atoms with Crippen molar-refractivity contribution in [2.45, 2.75) is 25.8 Å². The molecule has 1 unspecified atom stereocenters. The Balaban J connectivity index is 1.40. The third-order valence-corrected chi connectivity index (χ3v) is 6.84. The number of carbonyl (C=O) groups is 1. The van der Waals surface area contributed by atoms with Crippen LogP contribution in [0.25, 0.3) is 17.1 Å². The van der Waals surface area contributed by atoms with Crippen LogP contribution >= 0.6 is 0 Å². The first-order valence-corrected chi connectivity index (χ1v) is 12.4. The number of hydrogen-bond acceptors (Lipinski definition) is 6. The Labute approximate surface area is 212 Å². The van der Waals surface area contributed by atoms with Crippen molar-refractivity contribution in [3.8, 4) is 11.5 Å². The Morgan fingerprint density at radius 3 is 2.65 bits per heavy atom. The molecule has 0 amide bonds. The maximum atomic E-state index is 13.0. The number of fused-ring (bicyclic) bond motifs is 4. The molecule has 2 aromatic heterocycles. The molecule has 0 bridgehead atoms. The number of ether oxygens (including phenoxy) is 2. The highest BCUT2D eigenvalue weighted by Gasteiger charge is 2.28. The summed E-state index contributed by atoms with van der Waals surface area (Å²) in [6.45, 7) is 1.32. The Morgan fingerprint density at radius 1 is 1.00 bits per heavy atom. The van der Waals surface area contributed by atoms with E-state index in [2.05, 4.69) is 9.97 Å². The van der Waals surface area contributed by atoms with Gasteiger partial charge in [0.05, 0.1) is 25.1 Å². The van der Waals surface area contributed by atoms with E-state index in [4.69, 9.17) is 9.47 Å². The summed E-state index contributed by atoms with van der Waals surface area (Å²) in [7, 11) is 0. The standard InChI is InChI=1S/C29H25N3O5/c33-23-14-19(8-7-18-5-2-1-3-6-18)13-21-22(23)16-30-27-26(21)28(34)31-29(35)32(27)17-20-9-10-24-25(15-20)37-12-4-11-36-24/h1-3,5-10,15-16,19H,4,11-14,17H2,(H,31,34,35)/b8-7+. The van der Waals surface area contributed by atoms with Crippen LogP contribution in [0.2, 0.25) is 0 Å². The number of pyridine rings is 1. The number of rotatable bonds is 4. The summed E-state index contributed by atoms with van der Waals surface area (Å²) in [6, 6.07) is 15.4. The van der Waals surface area contributed by atoms with Crippen LogP contribution in [0.3, 0.4) is 0 Å². The zero-order valence-electron chi connectivity index (χ0n) is 20.1. The van der Waals surface area contributed by atoms with Crippen molar-refractivity contribution in [3.05, 3.63) is 104 Å². The molecule has 1 aliphatic heterocycles. The van der Waals surface area contributed by atoms with Crippen molar-refractivity contribution in [1.82, 2.24) is 14.5 Å². The third-order valence-electron chi connectivity index (χ3n) is 6.84. The number of hydrogen-bond donors (Lipinski definition) is 1. The van der Waals surface area contributed by atoms with Gasteiger partial charge < -0.3 is 9.47 Å². The van der Waals surface area contributed by atoms with E-state index in [0.29, 0.717) is 48.7 Å². The average molecular weight is 496 g/mol. The molecule has 0 saturated carbocycles. The van der Waals surface area contributed by atoms with E-state index >= 15 is 0 Å². The van der Waals surface area contributed by atoms with Crippen LogP contribution in [0.15, 0.2) is 70.4 Å². The monoisotopic (exact) mass is 495 g/mol. The van der Waals surface area contributed by atoms with Crippen molar-refractivity contribution in [2.75, 3.05) is 13.2 Å². The van der Waals surface area contributed by atoms with Crippen LogP contribution in [0, 0.1) is 5.92 Å². The van der Waals surface area contributed by atoms with Crippen molar-refractivity contribution in [3.63, 3.8) is 0 Å². The van der Waals surface area contributed by atoms with Crippen molar-refractivity contribution >= 4 is 22.9 Å². The van der Waals surface area contributed by atoms with Crippen LogP contribution in [-0.2, 0) is 13.0 Å². The molecule has 37 heavy (non-hydrogen) atoms. The Bertz CT molecular complexity index is 1650. The molecular formula is C29H25N3O5. The summed E-state index contributed by atoms with van der Waals surface area (Å²) in [4.78, 5) is 45.8. The van der Waals surface area contributed by atoms with Gasteiger partial charge in [0.25, 0.3) is 5.56 Å². The molecule has 0 fully saturated rings. The Kier molecular flexibility index (Phi) is 5.92. The number of nitrogens with one attached hydrogen (secondary N) is 1. The lowest BCUT2D eigenvalue weighted by molar-refractivity contribution is 0.0959. The van der Waals surface area contributed by atoms with Gasteiger partial charge in [-0.3, -0.25) is 19.1 Å². The number of aromatic nitrogens is 3. The normalized spacial score (nSPS) is 17.1. The van der Waals surface area contributed by atoms with Gasteiger partial charge in [-0.1, -0.05) is 48.6 Å². The maximum absolute atomic E-state index is 13.0. The fourth-order valence-electron chi connectivity index (χ4n) is 5.02. The number of benzene rings is 2. The van der Waals surface area contributed by atoms with Crippen molar-refractivity contribution in [2.24, 2.45) is 5.92 Å². The molecule has 0 spiro atoms. The number of H-pyrrole nitrogens is 1. The van der Waals surface area contributed by atoms with Gasteiger partial charge in [0.15, 0.2) is 17.3 Å². The molecular weight excluding hydrogens is 470 g/mol. The lowest BCUT2D eigenvalue weighted by Gasteiger charge is -2.22. The minimum Gasteiger partial charge on any atom is -0.490 e. The predicted octanol–water partition coefficient (Wildman–Crippen LogP) is 3.75. The van der Waals surface area contributed by atoms with Gasteiger partial charge in [0.1, 0.15) is 5.65 Å². The minimum atomic E-state index is -0.556. The summed E-state index contributed by atoms with van der Waals surface area (Å²) in [6.07, 6.45) is 7.16. The molecule has 8 nitrogen and oxygen atoms in total. The molecule has 8 heteroatoms. The SMILES string of the molecule is O=C1CC(/C=C/c2ccccc2)Cc2c1cnc1c2c(=O)[nH]c(=O)n1Cc1ccc2c(c1)OCCCO2. The number of carbonyl (C=O) groups excluding carboxylic acids is 1. The molecule has 1 atom stereocenters. The van der Waals surface area contributed by atoms with E-state index in [1.807, 2.05) is 60.7 Å². The molecule has 6 rings (SSSR count). The fourth-order valence-corrected chi connectivity index (χ4v) is 5.02. The van der Waals surface area contributed by atoms with E-state index in [1.165, 1.54) is 10.8 Å². The van der Waals surface area contributed by atoms with Gasteiger partial charge in [-0.2, -0.15) is 0 Å². The zero-order valence-corrected chi connectivity index (χ0v) is 20.1. The van der Waals surface area contributed by atoms with Crippen molar-refractivity contribution in [1.29, 1.82) is 0 Å². The molecule has 0 saturated heterocycles. The van der Waals surface area contributed by atoms with E-state index in [9.17, 15) is 14.4 Å². The minimum absolute atomic E-state index is 0.0570. The Morgan fingerprint density at radius 2 is 1.81 bits per heavy atom. The van der Waals surface area contributed by atoms with Crippen molar-refractivity contribution < 1.29 is 14.3 Å². The summed E-state index contributed by atoms with van der Waals surface area (Å²) < 4.78 is 12.9. The molecule has 0 radical (unpaired) electrons. The van der Waals surface area contributed by atoms with Gasteiger partial charge in [0, 0.05) is 24.6 Å². The first kappa shape index (κ1) is 23.0. The lowest BCUT2D eigenvalue weighted by Crippen LogP contribution is -2.33. The number of allylic oxidation sites excluding steroid dienone is 1. The molecule has 1 N–H and O–H groups in total. The molecule has 186 valence electrons. The van der Waals surface area contributed by atoms with Gasteiger partial charge >= 0.3 is 5.69 Å². The van der Waals surface area contributed by atoms with Crippen LogP contribution in [0.4, 0.5) is 0 Å². The molecule has 4 aromatic rings. The van der Waals surface area contributed by atoms with E-state index in [0.717, 1.165) is 17.5 Å². The maximum Gasteiger partial charge on any atom is 0.330 e. The second-order valence-corrected chi connectivity index (χ2v) is 9.39. The molecule has 2 aromatic carbocycles. The number of Topliss-reactive ketones (excluding diaryl/α,β-unsaturated/α-hetero) is 1. The summed E-state index contributed by atoms with van der Waals surface area (Å²) in [5.41, 5.74) is 2.11. The second kappa shape index (κ2) is 9.54. The highest BCUT2D eigenvalue weighted by atomic mass is 16.5.